The molecule has 0 radical (unpaired) electrons. The first kappa shape index (κ1) is 36.7. The number of hydrogen-bond acceptors (Lipinski definition) is 8. The van der Waals surface area contributed by atoms with Crippen molar-refractivity contribution >= 4 is 33.5 Å². The monoisotopic (exact) mass is 679 g/mol. The van der Waals surface area contributed by atoms with Crippen molar-refractivity contribution in [2.24, 2.45) is 11.8 Å². The first-order valence-electron chi connectivity index (χ1n) is 17.0. The van der Waals surface area contributed by atoms with Gasteiger partial charge in [0.25, 0.3) is 10.1 Å². The molecular formula is C31H55ClFN5O6S. The highest BCUT2D eigenvalue weighted by Crippen LogP contribution is 2.33. The summed E-state index contributed by atoms with van der Waals surface area (Å²) < 4.78 is 52.0. The van der Waals surface area contributed by atoms with Crippen LogP contribution in [0.25, 0.3) is 0 Å². The fourth-order valence-electron chi connectivity index (χ4n) is 7.39. The maximum Gasteiger partial charge on any atom is 0.264 e. The molecule has 4 aliphatic rings. The fourth-order valence-corrected chi connectivity index (χ4v) is 8.14. The van der Waals surface area contributed by atoms with Gasteiger partial charge in [-0.3, -0.25) is 29.7 Å². The summed E-state index contributed by atoms with van der Waals surface area (Å²) in [6, 6.07) is -0.359. The van der Waals surface area contributed by atoms with Gasteiger partial charge in [-0.2, -0.15) is 8.42 Å². The van der Waals surface area contributed by atoms with Crippen LogP contribution < -0.4 is 10.6 Å². The van der Waals surface area contributed by atoms with Crippen LogP contribution in [0, 0.1) is 11.8 Å². The van der Waals surface area contributed by atoms with E-state index in [9.17, 15) is 18.0 Å². The molecule has 0 aromatic heterocycles. The lowest BCUT2D eigenvalue weighted by Gasteiger charge is -2.45. The highest BCUT2D eigenvalue weighted by Gasteiger charge is 2.38. The number of nitrogens with zero attached hydrogens (tertiary/aromatic N) is 3. The van der Waals surface area contributed by atoms with Gasteiger partial charge in [-0.05, 0) is 77.0 Å². The smallest absolute Gasteiger partial charge is 0.264 e. The van der Waals surface area contributed by atoms with Crippen molar-refractivity contribution in [1.82, 2.24) is 25.3 Å². The summed E-state index contributed by atoms with van der Waals surface area (Å²) in [6.45, 7) is 9.07. The van der Waals surface area contributed by atoms with Gasteiger partial charge in [0.1, 0.15) is 12.5 Å². The number of ether oxygens (including phenoxy) is 1. The van der Waals surface area contributed by atoms with E-state index in [-0.39, 0.29) is 72.6 Å². The second-order valence-corrected chi connectivity index (χ2v) is 15.9. The molecular weight excluding hydrogens is 625 g/mol. The Morgan fingerprint density at radius 2 is 1.60 bits per heavy atom. The number of halogens is 2. The molecule has 3 saturated heterocycles. The third kappa shape index (κ3) is 11.5. The van der Waals surface area contributed by atoms with Crippen molar-refractivity contribution in [3.63, 3.8) is 0 Å². The molecule has 260 valence electrons. The number of rotatable bonds is 13. The predicted molar refractivity (Wildman–Crippen MR) is 172 cm³/mol. The van der Waals surface area contributed by atoms with Gasteiger partial charge in [0.15, 0.2) is 0 Å². The van der Waals surface area contributed by atoms with Crippen LogP contribution in [0.3, 0.4) is 0 Å². The molecule has 4 rings (SSSR count). The number of carbonyl (C=O) groups is 2. The highest BCUT2D eigenvalue weighted by molar-refractivity contribution is 7.85. The van der Waals surface area contributed by atoms with Crippen LogP contribution in [0.2, 0.25) is 0 Å². The van der Waals surface area contributed by atoms with Crippen LogP contribution in [-0.2, 0) is 24.4 Å². The zero-order chi connectivity index (χ0) is 32.6. The first-order valence-corrected chi connectivity index (χ1v) is 19.1. The van der Waals surface area contributed by atoms with Crippen molar-refractivity contribution in [2.75, 3.05) is 51.6 Å². The summed E-state index contributed by atoms with van der Waals surface area (Å²) >= 11 is 6.16. The highest BCUT2D eigenvalue weighted by atomic mass is 35.5. The Morgan fingerprint density at radius 1 is 0.956 bits per heavy atom. The topological polar surface area (TPSA) is 132 Å². The minimum absolute atomic E-state index is 0.0639. The molecule has 0 bridgehead atoms. The van der Waals surface area contributed by atoms with Crippen molar-refractivity contribution < 1.29 is 31.7 Å². The number of nitrogens with one attached hydrogen (secondary N) is 2. The largest absolute Gasteiger partial charge is 0.378 e. The van der Waals surface area contributed by atoms with E-state index >= 15 is 4.39 Å². The van der Waals surface area contributed by atoms with E-state index < -0.39 is 16.3 Å². The maximum atomic E-state index is 15.2. The molecule has 3 heterocycles. The van der Waals surface area contributed by atoms with Crippen LogP contribution in [-0.4, -0.2) is 127 Å². The standard InChI is InChI=1S/C31H55ClFN5O6S/c1-22-21-38(23(2)20-37(22)29(39)7-3-4-15-45(41,42)43)30(40)16-25-8-9-27(17-28(25)33)44-14-5-6-24-10-12-36(13-11-24)31-34-18-26(32)19-35-31/h22-28,31,34-35H,3-21H2,1-2H3,(H,41,42,43)/t22-,23-,25?,26?,27?,28?,31?/m1/s1. The van der Waals surface area contributed by atoms with Gasteiger partial charge < -0.3 is 14.5 Å². The van der Waals surface area contributed by atoms with E-state index in [1.165, 1.54) is 12.8 Å². The summed E-state index contributed by atoms with van der Waals surface area (Å²) in [5.41, 5.74) is 0. The van der Waals surface area contributed by atoms with Crippen LogP contribution in [0.4, 0.5) is 4.39 Å². The van der Waals surface area contributed by atoms with Crippen molar-refractivity contribution in [3.05, 3.63) is 0 Å². The third-order valence-electron chi connectivity index (χ3n) is 10.2. The van der Waals surface area contributed by atoms with Crippen LogP contribution in [0.15, 0.2) is 0 Å². The number of alkyl halides is 2. The summed E-state index contributed by atoms with van der Waals surface area (Å²) in [5, 5.41) is 7.10. The number of carbonyl (C=O) groups excluding carboxylic acids is 2. The molecule has 5 atom stereocenters. The molecule has 1 aliphatic carbocycles. The van der Waals surface area contributed by atoms with Crippen LogP contribution in [0.5, 0.6) is 0 Å². The maximum absolute atomic E-state index is 15.2. The van der Waals surface area contributed by atoms with Gasteiger partial charge in [-0.15, -0.1) is 11.6 Å². The molecule has 3 unspecified atom stereocenters. The number of piperazine rings is 1. The van der Waals surface area contributed by atoms with Gasteiger partial charge >= 0.3 is 0 Å². The van der Waals surface area contributed by atoms with Gasteiger partial charge in [-0.25, -0.2) is 4.39 Å². The van der Waals surface area contributed by atoms with E-state index in [1.807, 2.05) is 13.8 Å². The second kappa shape index (κ2) is 17.3. The molecule has 45 heavy (non-hydrogen) atoms. The number of amides is 2. The second-order valence-electron chi connectivity index (χ2n) is 13.8. The Labute approximate surface area is 274 Å². The average Bonchev–Trinajstić information content (AvgIpc) is 3.00. The SMILES string of the molecule is C[C@@H]1CN(C(=O)CC2CCC(OCCCC3CCN(C4NCC(Cl)CN4)CC3)CC2F)[C@H](C)CN1C(=O)CCCCS(=O)(=O)O. The van der Waals surface area contributed by atoms with Gasteiger partial charge in [0.2, 0.25) is 11.8 Å². The van der Waals surface area contributed by atoms with Gasteiger partial charge in [-0.1, -0.05) is 0 Å². The molecule has 0 aromatic rings. The lowest BCUT2D eigenvalue weighted by atomic mass is 9.83. The third-order valence-corrected chi connectivity index (χ3v) is 11.3. The van der Waals surface area contributed by atoms with Crippen molar-refractivity contribution in [3.8, 4) is 0 Å². The number of hydrogen-bond donors (Lipinski definition) is 3. The molecule has 11 nitrogen and oxygen atoms in total. The number of piperidine rings is 1. The molecule has 1 saturated carbocycles. The van der Waals surface area contributed by atoms with Crippen molar-refractivity contribution in [2.45, 2.75) is 121 Å². The minimum atomic E-state index is -4.03. The summed E-state index contributed by atoms with van der Waals surface area (Å²) in [4.78, 5) is 32.0. The summed E-state index contributed by atoms with van der Waals surface area (Å²) in [5.74, 6) is -0.110. The molecule has 3 N–H and O–H groups in total. The molecule has 3 aliphatic heterocycles. The van der Waals surface area contributed by atoms with Crippen LogP contribution in [0.1, 0.15) is 84.5 Å². The summed E-state index contributed by atoms with van der Waals surface area (Å²) in [6.07, 6.45) is 6.26. The molecule has 2 amide bonds. The Bertz CT molecular complexity index is 1060. The van der Waals surface area contributed by atoms with E-state index in [1.54, 1.807) is 9.80 Å². The lowest BCUT2D eigenvalue weighted by molar-refractivity contribution is -0.147. The normalized spacial score (nSPS) is 32.5. The van der Waals surface area contributed by atoms with E-state index in [4.69, 9.17) is 20.9 Å². The van der Waals surface area contributed by atoms with E-state index in [0.29, 0.717) is 44.9 Å². The quantitative estimate of drug-likeness (QED) is 0.153. The van der Waals surface area contributed by atoms with Crippen molar-refractivity contribution in [1.29, 1.82) is 0 Å². The predicted octanol–water partition coefficient (Wildman–Crippen LogP) is 2.98. The number of likely N-dealkylation sites (tertiary alicyclic amines) is 1. The van der Waals surface area contributed by atoms with Crippen LogP contribution >= 0.6 is 11.6 Å². The van der Waals surface area contributed by atoms with E-state index in [2.05, 4.69) is 15.5 Å². The zero-order valence-electron chi connectivity index (χ0n) is 27.0. The molecule has 4 fully saturated rings. The average molecular weight is 680 g/mol. The Balaban J connectivity index is 1.09. The lowest BCUT2D eigenvalue weighted by Crippen LogP contribution is -2.62. The van der Waals surface area contributed by atoms with Gasteiger partial charge in [0.05, 0.1) is 17.2 Å². The minimum Gasteiger partial charge on any atom is -0.378 e. The Kier molecular flexibility index (Phi) is 14.2. The molecule has 0 aromatic carbocycles. The first-order chi connectivity index (χ1) is 21.4. The Hall–Kier alpha value is -1.09. The van der Waals surface area contributed by atoms with Gasteiger partial charge in [0, 0.05) is 77.2 Å². The summed E-state index contributed by atoms with van der Waals surface area (Å²) in [7, 11) is -4.03. The molecule has 14 heteroatoms. The number of unbranched alkanes of at least 4 members (excludes halogenated alkanes) is 1. The Morgan fingerprint density at radius 3 is 2.22 bits per heavy atom. The zero-order valence-corrected chi connectivity index (χ0v) is 28.6. The molecule has 0 spiro atoms. The fraction of sp³-hybridized carbons (Fsp3) is 0.935. The van der Waals surface area contributed by atoms with E-state index in [0.717, 1.165) is 45.4 Å².